The molecule has 29 heavy (non-hydrogen) atoms. The predicted octanol–water partition coefficient (Wildman–Crippen LogP) is 3.25. The van der Waals surface area contributed by atoms with Gasteiger partial charge in [0.2, 0.25) is 0 Å². The first-order valence-corrected chi connectivity index (χ1v) is 10.6. The fraction of sp³-hybridized carbons (Fsp3) is 0.417. The van der Waals surface area contributed by atoms with E-state index in [1.165, 1.54) is 18.4 Å². The lowest BCUT2D eigenvalue weighted by molar-refractivity contribution is 0.0910. The van der Waals surface area contributed by atoms with Crippen molar-refractivity contribution in [3.63, 3.8) is 0 Å². The number of hydrogen-bond acceptors (Lipinski definition) is 5. The van der Waals surface area contributed by atoms with Crippen LogP contribution in [0.15, 0.2) is 54.7 Å². The standard InChI is InChI=1S/C24H29N5/c25-20-22-8-11-26-24(19-22)29-13-9-23(10-14-29)28-17-15-27(16-18-28)12-4-7-21-5-2-1-3-6-21/h1-8,11,19,23H,9-10,12-18H2/b7-4+. The lowest BCUT2D eigenvalue weighted by Gasteiger charge is -2.42. The highest BCUT2D eigenvalue weighted by molar-refractivity contribution is 5.48. The molecule has 150 valence electrons. The van der Waals surface area contributed by atoms with E-state index in [1.807, 2.05) is 6.07 Å². The summed E-state index contributed by atoms with van der Waals surface area (Å²) >= 11 is 0. The third kappa shape index (κ3) is 5.23. The molecule has 0 saturated carbocycles. The van der Waals surface area contributed by atoms with Gasteiger partial charge in [-0.1, -0.05) is 42.5 Å². The van der Waals surface area contributed by atoms with Crippen molar-refractivity contribution >= 4 is 11.9 Å². The summed E-state index contributed by atoms with van der Waals surface area (Å²) in [5, 5.41) is 9.09. The van der Waals surface area contributed by atoms with Crippen molar-refractivity contribution in [1.82, 2.24) is 14.8 Å². The minimum absolute atomic E-state index is 0.674. The van der Waals surface area contributed by atoms with Crippen LogP contribution in [-0.4, -0.2) is 66.6 Å². The molecule has 2 aromatic rings. The minimum Gasteiger partial charge on any atom is -0.356 e. The van der Waals surface area contributed by atoms with Crippen molar-refractivity contribution in [1.29, 1.82) is 5.26 Å². The van der Waals surface area contributed by atoms with Gasteiger partial charge < -0.3 is 4.90 Å². The van der Waals surface area contributed by atoms with Crippen molar-refractivity contribution in [3.8, 4) is 6.07 Å². The van der Waals surface area contributed by atoms with Gasteiger partial charge in [-0.3, -0.25) is 9.80 Å². The molecule has 2 aliphatic rings. The van der Waals surface area contributed by atoms with Crippen molar-refractivity contribution in [2.24, 2.45) is 0 Å². The average molecular weight is 388 g/mol. The second kappa shape index (κ2) is 9.69. The molecule has 2 aliphatic heterocycles. The molecule has 0 bridgehead atoms. The molecule has 2 fully saturated rings. The first-order valence-electron chi connectivity index (χ1n) is 10.6. The summed E-state index contributed by atoms with van der Waals surface area (Å²) in [6.45, 7) is 7.68. The van der Waals surface area contributed by atoms with Gasteiger partial charge >= 0.3 is 0 Å². The Kier molecular flexibility index (Phi) is 6.56. The second-order valence-electron chi connectivity index (χ2n) is 7.88. The van der Waals surface area contributed by atoms with Gasteiger partial charge in [-0.25, -0.2) is 4.98 Å². The third-order valence-corrected chi connectivity index (χ3v) is 6.06. The fourth-order valence-electron chi connectivity index (χ4n) is 4.33. The number of piperidine rings is 1. The van der Waals surface area contributed by atoms with Crippen LogP contribution in [0.25, 0.3) is 6.08 Å². The van der Waals surface area contributed by atoms with Crippen LogP contribution in [0, 0.1) is 11.3 Å². The van der Waals surface area contributed by atoms with Crippen LogP contribution in [0.1, 0.15) is 24.0 Å². The molecule has 1 aromatic heterocycles. The molecule has 0 amide bonds. The Morgan fingerprint density at radius 1 is 1.00 bits per heavy atom. The number of nitriles is 1. The number of rotatable bonds is 5. The third-order valence-electron chi connectivity index (χ3n) is 6.06. The summed E-state index contributed by atoms with van der Waals surface area (Å²) in [5.74, 6) is 0.942. The Labute approximate surface area is 173 Å². The van der Waals surface area contributed by atoms with E-state index in [-0.39, 0.29) is 0 Å². The molecule has 0 unspecified atom stereocenters. The zero-order valence-electron chi connectivity index (χ0n) is 17.0. The number of piperazine rings is 1. The number of aromatic nitrogens is 1. The molecule has 2 saturated heterocycles. The first-order chi connectivity index (χ1) is 14.3. The molecule has 5 heteroatoms. The quantitative estimate of drug-likeness (QED) is 0.788. The van der Waals surface area contributed by atoms with Crippen molar-refractivity contribution in [2.75, 3.05) is 50.7 Å². The maximum absolute atomic E-state index is 9.09. The van der Waals surface area contributed by atoms with E-state index in [9.17, 15) is 0 Å². The van der Waals surface area contributed by atoms with Crippen LogP contribution in [-0.2, 0) is 0 Å². The van der Waals surface area contributed by atoms with E-state index in [2.05, 4.69) is 68.2 Å². The smallest absolute Gasteiger partial charge is 0.129 e. The summed E-state index contributed by atoms with van der Waals surface area (Å²) in [7, 11) is 0. The van der Waals surface area contributed by atoms with Crippen LogP contribution < -0.4 is 4.90 Å². The molecule has 0 spiro atoms. The zero-order chi connectivity index (χ0) is 19.9. The SMILES string of the molecule is N#Cc1ccnc(N2CCC(N3CCN(C/C=C/c4ccccc4)CC3)CC2)c1. The molecule has 5 nitrogen and oxygen atoms in total. The maximum atomic E-state index is 9.09. The highest BCUT2D eigenvalue weighted by atomic mass is 15.3. The Morgan fingerprint density at radius 3 is 2.48 bits per heavy atom. The number of nitrogens with zero attached hydrogens (tertiary/aromatic N) is 5. The van der Waals surface area contributed by atoms with E-state index in [1.54, 1.807) is 12.3 Å². The molecule has 0 N–H and O–H groups in total. The Balaban J connectivity index is 1.21. The van der Waals surface area contributed by atoms with Gasteiger partial charge in [0.05, 0.1) is 11.6 Å². The van der Waals surface area contributed by atoms with Crippen molar-refractivity contribution < 1.29 is 0 Å². The second-order valence-corrected chi connectivity index (χ2v) is 7.88. The minimum atomic E-state index is 0.674. The number of benzene rings is 1. The van der Waals surface area contributed by atoms with E-state index >= 15 is 0 Å². The monoisotopic (exact) mass is 387 g/mol. The zero-order valence-corrected chi connectivity index (χ0v) is 17.0. The molecular weight excluding hydrogens is 358 g/mol. The fourth-order valence-corrected chi connectivity index (χ4v) is 4.33. The van der Waals surface area contributed by atoms with Crippen LogP contribution in [0.5, 0.6) is 0 Å². The van der Waals surface area contributed by atoms with Gasteiger partial charge in [-0.05, 0) is 30.5 Å². The molecule has 3 heterocycles. The first kappa shape index (κ1) is 19.6. The largest absolute Gasteiger partial charge is 0.356 e. The van der Waals surface area contributed by atoms with Crippen molar-refractivity contribution in [3.05, 3.63) is 65.9 Å². The molecule has 0 atom stereocenters. The molecule has 1 aromatic carbocycles. The highest BCUT2D eigenvalue weighted by Crippen LogP contribution is 2.22. The molecule has 4 rings (SSSR count). The van der Waals surface area contributed by atoms with Gasteiger partial charge in [0.25, 0.3) is 0 Å². The predicted molar refractivity (Wildman–Crippen MR) is 118 cm³/mol. The molecule has 0 aliphatic carbocycles. The van der Waals surface area contributed by atoms with Gasteiger partial charge in [0, 0.05) is 58.1 Å². The van der Waals surface area contributed by atoms with E-state index in [0.717, 1.165) is 51.6 Å². The van der Waals surface area contributed by atoms with Gasteiger partial charge in [-0.15, -0.1) is 0 Å². The highest BCUT2D eigenvalue weighted by Gasteiger charge is 2.27. The number of anilines is 1. The topological polar surface area (TPSA) is 46.4 Å². The van der Waals surface area contributed by atoms with Crippen LogP contribution >= 0.6 is 0 Å². The number of pyridine rings is 1. The van der Waals surface area contributed by atoms with Crippen LogP contribution in [0.4, 0.5) is 5.82 Å². The lowest BCUT2D eigenvalue weighted by atomic mass is 10.0. The average Bonchev–Trinajstić information content (AvgIpc) is 2.80. The van der Waals surface area contributed by atoms with Gasteiger partial charge in [0.1, 0.15) is 5.82 Å². The van der Waals surface area contributed by atoms with Crippen LogP contribution in [0.2, 0.25) is 0 Å². The molecular formula is C24H29N5. The van der Waals surface area contributed by atoms with E-state index in [0.29, 0.717) is 11.6 Å². The van der Waals surface area contributed by atoms with Crippen molar-refractivity contribution in [2.45, 2.75) is 18.9 Å². The molecule has 0 radical (unpaired) electrons. The Hall–Kier alpha value is -2.68. The summed E-state index contributed by atoms with van der Waals surface area (Å²) in [6.07, 6.45) is 8.59. The van der Waals surface area contributed by atoms with Gasteiger partial charge in [-0.2, -0.15) is 5.26 Å². The summed E-state index contributed by atoms with van der Waals surface area (Å²) in [5.41, 5.74) is 1.96. The summed E-state index contributed by atoms with van der Waals surface area (Å²) in [4.78, 5) is 12.0. The van der Waals surface area contributed by atoms with Crippen LogP contribution in [0.3, 0.4) is 0 Å². The maximum Gasteiger partial charge on any atom is 0.129 e. The van der Waals surface area contributed by atoms with E-state index < -0.39 is 0 Å². The lowest BCUT2D eigenvalue weighted by Crippen LogP contribution is -2.53. The Bertz CT molecular complexity index is 841. The normalized spacial score (nSPS) is 19.5. The summed E-state index contributed by atoms with van der Waals surface area (Å²) in [6, 6.07) is 17.1. The number of hydrogen-bond donors (Lipinski definition) is 0. The summed E-state index contributed by atoms with van der Waals surface area (Å²) < 4.78 is 0. The Morgan fingerprint density at radius 2 is 1.76 bits per heavy atom. The van der Waals surface area contributed by atoms with Gasteiger partial charge in [0.15, 0.2) is 0 Å². The van der Waals surface area contributed by atoms with E-state index in [4.69, 9.17) is 5.26 Å².